The van der Waals surface area contributed by atoms with Gasteiger partial charge in [-0.1, -0.05) is 0 Å². The molecule has 0 aliphatic carbocycles. The Balaban J connectivity index is 2.57. The molecule has 0 saturated carbocycles. The normalized spacial score (nSPS) is 15.6. The average molecular weight is 357 g/mol. The molecule has 25 heavy (non-hydrogen) atoms. The molecule has 0 aromatic rings. The van der Waals surface area contributed by atoms with Gasteiger partial charge < -0.3 is 24.4 Å². The number of aliphatic carboxylic acids is 2. The summed E-state index contributed by atoms with van der Waals surface area (Å²) < 4.78 is 15.1. The van der Waals surface area contributed by atoms with Gasteiger partial charge in [0.25, 0.3) is 0 Å². The molecule has 1 aliphatic rings. The van der Waals surface area contributed by atoms with E-state index >= 15 is 0 Å². The summed E-state index contributed by atoms with van der Waals surface area (Å²) in [5, 5.41) is 16.9. The fourth-order valence-electron chi connectivity index (χ4n) is 1.93. The van der Waals surface area contributed by atoms with Gasteiger partial charge in [0.1, 0.15) is 13.2 Å². The zero-order valence-electron chi connectivity index (χ0n) is 13.3. The van der Waals surface area contributed by atoms with Crippen LogP contribution in [-0.4, -0.2) is 84.5 Å². The highest BCUT2D eigenvalue weighted by molar-refractivity contribution is 5.91. The number of ether oxygens (including phenoxy) is 3. The van der Waals surface area contributed by atoms with E-state index in [0.29, 0.717) is 38.5 Å². The smallest absolute Gasteiger partial charge is 0.331 e. The van der Waals surface area contributed by atoms with E-state index in [-0.39, 0.29) is 13.2 Å². The lowest BCUT2D eigenvalue weighted by atomic mass is 10.2. The molecule has 0 aromatic heterocycles. The predicted octanol–water partition coefficient (Wildman–Crippen LogP) is -0.945. The first-order valence-electron chi connectivity index (χ1n) is 7.36. The van der Waals surface area contributed by atoms with Gasteiger partial charge >= 0.3 is 23.9 Å². The molecule has 0 radical (unpaired) electrons. The molecule has 1 saturated heterocycles. The molecular weight excluding hydrogens is 338 g/mol. The number of hydrogen-bond acceptors (Lipinski definition) is 8. The lowest BCUT2D eigenvalue weighted by Crippen LogP contribution is -2.48. The highest BCUT2D eigenvalue weighted by Gasteiger charge is 2.23. The summed E-state index contributed by atoms with van der Waals surface area (Å²) in [6, 6.07) is -0.465. The molecule has 2 N–H and O–H groups in total. The van der Waals surface area contributed by atoms with Crippen LogP contribution in [0.5, 0.6) is 0 Å². The van der Waals surface area contributed by atoms with Gasteiger partial charge in [-0.3, -0.25) is 4.90 Å². The summed E-state index contributed by atoms with van der Waals surface area (Å²) in [7, 11) is 0. The number of hydrogen-bond donors (Lipinski definition) is 2. The van der Waals surface area contributed by atoms with Crippen LogP contribution in [0.4, 0.5) is 0 Å². The van der Waals surface area contributed by atoms with Crippen molar-refractivity contribution in [2.75, 3.05) is 39.5 Å². The predicted molar refractivity (Wildman–Crippen MR) is 81.6 cm³/mol. The van der Waals surface area contributed by atoms with Gasteiger partial charge in [-0.25, -0.2) is 19.2 Å². The third-order valence-electron chi connectivity index (χ3n) is 3.12. The maximum Gasteiger partial charge on any atom is 0.331 e. The molecule has 0 unspecified atom stereocenters. The van der Waals surface area contributed by atoms with E-state index in [9.17, 15) is 19.2 Å². The summed E-state index contributed by atoms with van der Waals surface area (Å²) in [5.74, 6) is -4.22. The molecule has 0 spiro atoms. The number of carboxylic acids is 2. The monoisotopic (exact) mass is 357 g/mol. The number of carbonyl (C=O) groups is 4. The van der Waals surface area contributed by atoms with Crippen LogP contribution in [0.3, 0.4) is 0 Å². The molecule has 10 heteroatoms. The maximum absolute atomic E-state index is 11.5. The summed E-state index contributed by atoms with van der Waals surface area (Å²) in [6.45, 7) is 1.76. The minimum atomic E-state index is -1.28. The van der Waals surface area contributed by atoms with E-state index in [1.807, 2.05) is 4.90 Å². The van der Waals surface area contributed by atoms with Crippen LogP contribution >= 0.6 is 0 Å². The van der Waals surface area contributed by atoms with Crippen LogP contribution in [0, 0.1) is 0 Å². The molecule has 138 valence electrons. The van der Waals surface area contributed by atoms with Crippen molar-refractivity contribution >= 4 is 23.9 Å². The van der Waals surface area contributed by atoms with E-state index in [1.54, 1.807) is 0 Å². The topological polar surface area (TPSA) is 140 Å². The van der Waals surface area contributed by atoms with Crippen LogP contribution in [0.1, 0.15) is 0 Å². The maximum atomic E-state index is 11.5. The molecule has 1 aliphatic heterocycles. The summed E-state index contributed by atoms with van der Waals surface area (Å²) in [5.41, 5.74) is 0. The fraction of sp³-hybridized carbons (Fsp3) is 0.467. The highest BCUT2D eigenvalue weighted by Crippen LogP contribution is 2.06. The number of esters is 2. The Morgan fingerprint density at radius 2 is 1.32 bits per heavy atom. The van der Waals surface area contributed by atoms with Crippen LogP contribution < -0.4 is 0 Å². The van der Waals surface area contributed by atoms with Crippen LogP contribution in [0.25, 0.3) is 0 Å². The zero-order valence-corrected chi connectivity index (χ0v) is 13.3. The Hall–Kier alpha value is -2.72. The number of carbonyl (C=O) groups excluding carboxylic acids is 2. The highest BCUT2D eigenvalue weighted by atomic mass is 16.5. The van der Waals surface area contributed by atoms with Crippen molar-refractivity contribution in [1.29, 1.82) is 0 Å². The molecule has 0 amide bonds. The third-order valence-corrected chi connectivity index (χ3v) is 3.12. The third kappa shape index (κ3) is 9.23. The summed E-state index contributed by atoms with van der Waals surface area (Å²) in [4.78, 5) is 45.5. The largest absolute Gasteiger partial charge is 0.478 e. The van der Waals surface area contributed by atoms with Crippen molar-refractivity contribution in [3.8, 4) is 0 Å². The summed E-state index contributed by atoms with van der Waals surface area (Å²) >= 11 is 0. The van der Waals surface area contributed by atoms with Gasteiger partial charge in [-0.05, 0) is 0 Å². The second-order valence-electron chi connectivity index (χ2n) is 4.91. The van der Waals surface area contributed by atoms with Crippen molar-refractivity contribution < 1.29 is 43.6 Å². The zero-order chi connectivity index (χ0) is 18.7. The van der Waals surface area contributed by atoms with Gasteiger partial charge in [0.05, 0.1) is 19.3 Å². The molecule has 0 atom stereocenters. The van der Waals surface area contributed by atoms with Crippen molar-refractivity contribution in [2.45, 2.75) is 6.04 Å². The van der Waals surface area contributed by atoms with E-state index < -0.39 is 29.9 Å². The van der Waals surface area contributed by atoms with E-state index in [4.69, 9.17) is 24.4 Å². The quantitative estimate of drug-likeness (QED) is 0.392. The standard InChI is InChI=1S/C15H19NO9/c17-12(18)1-3-14(21)24-9-11(16-5-7-23-8-6-16)10-25-15(22)4-2-13(19)20/h1-4,11H,5-10H2,(H,17,18)(H,19,20)/b3-1+,4-2+. The molecule has 0 bridgehead atoms. The van der Waals surface area contributed by atoms with E-state index in [1.165, 1.54) is 0 Å². The molecule has 1 fully saturated rings. The average Bonchev–Trinajstić information content (AvgIpc) is 2.58. The van der Waals surface area contributed by atoms with E-state index in [0.717, 1.165) is 12.2 Å². The van der Waals surface area contributed by atoms with Gasteiger partial charge in [0.2, 0.25) is 0 Å². The molecule has 10 nitrogen and oxygen atoms in total. The second-order valence-corrected chi connectivity index (χ2v) is 4.91. The Morgan fingerprint density at radius 3 is 1.72 bits per heavy atom. The Bertz CT molecular complexity index is 509. The van der Waals surface area contributed by atoms with Crippen molar-refractivity contribution in [1.82, 2.24) is 4.90 Å². The van der Waals surface area contributed by atoms with Crippen molar-refractivity contribution in [3.05, 3.63) is 24.3 Å². The Morgan fingerprint density at radius 1 is 0.880 bits per heavy atom. The lowest BCUT2D eigenvalue weighted by molar-refractivity contribution is -0.146. The number of nitrogens with zero attached hydrogens (tertiary/aromatic N) is 1. The molecular formula is C15H19NO9. The number of rotatable bonds is 9. The first-order chi connectivity index (χ1) is 11.9. The Labute approximate surface area is 143 Å². The first-order valence-corrected chi connectivity index (χ1v) is 7.36. The van der Waals surface area contributed by atoms with Crippen LogP contribution in [-0.2, 0) is 33.4 Å². The van der Waals surface area contributed by atoms with Crippen LogP contribution in [0.2, 0.25) is 0 Å². The minimum absolute atomic E-state index is 0.126. The fourth-order valence-corrected chi connectivity index (χ4v) is 1.93. The van der Waals surface area contributed by atoms with E-state index in [2.05, 4.69) is 0 Å². The minimum Gasteiger partial charge on any atom is -0.478 e. The van der Waals surface area contributed by atoms with Gasteiger partial charge in [0, 0.05) is 37.4 Å². The molecule has 1 heterocycles. The van der Waals surface area contributed by atoms with Crippen molar-refractivity contribution in [2.24, 2.45) is 0 Å². The molecule has 1 rings (SSSR count). The number of morpholine rings is 1. The second kappa shape index (κ2) is 10.9. The summed E-state index contributed by atoms with van der Waals surface area (Å²) in [6.07, 6.45) is 2.87. The van der Waals surface area contributed by atoms with Crippen LogP contribution in [0.15, 0.2) is 24.3 Å². The first kappa shape index (κ1) is 20.3. The van der Waals surface area contributed by atoms with Gasteiger partial charge in [0.15, 0.2) is 0 Å². The van der Waals surface area contributed by atoms with Crippen molar-refractivity contribution in [3.63, 3.8) is 0 Å². The number of carboxylic acid groups (broad SMARTS) is 2. The van der Waals surface area contributed by atoms with Gasteiger partial charge in [-0.15, -0.1) is 0 Å². The van der Waals surface area contributed by atoms with Gasteiger partial charge in [-0.2, -0.15) is 0 Å². The SMILES string of the molecule is O=C(O)/C=C/C(=O)OCC(COC(=O)/C=C/C(=O)O)N1CCOCC1. The molecule has 0 aromatic carbocycles. The lowest BCUT2D eigenvalue weighted by Gasteiger charge is -2.33. The Kier molecular flexibility index (Phi) is 8.90.